The summed E-state index contributed by atoms with van der Waals surface area (Å²) in [5.74, 6) is -0.485. The van der Waals surface area contributed by atoms with E-state index in [2.05, 4.69) is 24.3 Å². The van der Waals surface area contributed by atoms with Crippen LogP contribution in [0.15, 0.2) is 60.7 Å². The highest BCUT2D eigenvalue weighted by molar-refractivity contribution is 5.73. The zero-order chi connectivity index (χ0) is 20.2. The van der Waals surface area contributed by atoms with Gasteiger partial charge in [-0.2, -0.15) is 0 Å². The first kappa shape index (κ1) is 20.1. The predicted molar refractivity (Wildman–Crippen MR) is 108 cm³/mol. The van der Waals surface area contributed by atoms with E-state index in [0.717, 1.165) is 11.1 Å². The molecule has 1 aliphatic rings. The van der Waals surface area contributed by atoms with Crippen molar-refractivity contribution in [2.24, 2.45) is 0 Å². The summed E-state index contributed by atoms with van der Waals surface area (Å²) >= 11 is 0. The van der Waals surface area contributed by atoms with Crippen molar-refractivity contribution in [2.45, 2.75) is 63.6 Å². The molecule has 28 heavy (non-hydrogen) atoms. The van der Waals surface area contributed by atoms with Crippen LogP contribution in [0.3, 0.4) is 0 Å². The second-order valence-corrected chi connectivity index (χ2v) is 8.31. The average molecular weight is 380 g/mol. The topological polar surface area (TPSA) is 52.6 Å². The maximum Gasteiger partial charge on any atom is 0.306 e. The Labute approximate surface area is 166 Å². The SMILES string of the molecule is CC(C)(C)OC(=O)CC[C@@H]1OC(=O)CCC1(c1ccccc1)c1ccccc1. The van der Waals surface area contributed by atoms with Crippen molar-refractivity contribution >= 4 is 11.9 Å². The summed E-state index contributed by atoms with van der Waals surface area (Å²) in [5.41, 5.74) is 1.19. The van der Waals surface area contributed by atoms with E-state index in [-0.39, 0.29) is 18.4 Å². The van der Waals surface area contributed by atoms with Crippen LogP contribution in [0.5, 0.6) is 0 Å². The molecule has 0 bridgehead atoms. The van der Waals surface area contributed by atoms with E-state index in [9.17, 15) is 9.59 Å². The van der Waals surface area contributed by atoms with Crippen LogP contribution in [0.4, 0.5) is 0 Å². The first-order valence-corrected chi connectivity index (χ1v) is 9.84. The van der Waals surface area contributed by atoms with E-state index < -0.39 is 17.1 Å². The number of hydrogen-bond acceptors (Lipinski definition) is 4. The fourth-order valence-corrected chi connectivity index (χ4v) is 4.02. The van der Waals surface area contributed by atoms with E-state index in [1.54, 1.807) is 0 Å². The molecule has 0 spiro atoms. The third-order valence-electron chi connectivity index (χ3n) is 5.16. The van der Waals surface area contributed by atoms with Gasteiger partial charge in [0, 0.05) is 12.8 Å². The quantitative estimate of drug-likeness (QED) is 0.699. The highest BCUT2D eigenvalue weighted by Crippen LogP contribution is 2.45. The molecule has 0 aliphatic carbocycles. The minimum atomic E-state index is -0.531. The zero-order valence-electron chi connectivity index (χ0n) is 16.8. The summed E-state index contributed by atoms with van der Waals surface area (Å²) in [6.07, 6.45) is 1.21. The number of rotatable bonds is 5. The molecule has 3 rings (SSSR count). The van der Waals surface area contributed by atoms with Gasteiger partial charge in [0.1, 0.15) is 11.7 Å². The predicted octanol–water partition coefficient (Wildman–Crippen LogP) is 4.80. The van der Waals surface area contributed by atoms with Crippen molar-refractivity contribution < 1.29 is 19.1 Å². The molecule has 1 saturated heterocycles. The molecule has 4 nitrogen and oxygen atoms in total. The monoisotopic (exact) mass is 380 g/mol. The first-order valence-electron chi connectivity index (χ1n) is 9.84. The van der Waals surface area contributed by atoms with Gasteiger partial charge >= 0.3 is 11.9 Å². The maximum atomic E-state index is 12.3. The zero-order valence-corrected chi connectivity index (χ0v) is 16.8. The Hall–Kier alpha value is -2.62. The van der Waals surface area contributed by atoms with Crippen molar-refractivity contribution in [2.75, 3.05) is 0 Å². The van der Waals surface area contributed by atoms with Gasteiger partial charge in [0.05, 0.1) is 5.41 Å². The van der Waals surface area contributed by atoms with E-state index in [1.165, 1.54) is 0 Å². The molecule has 0 aromatic heterocycles. The molecule has 148 valence electrons. The van der Waals surface area contributed by atoms with Crippen LogP contribution in [0.1, 0.15) is 57.6 Å². The minimum Gasteiger partial charge on any atom is -0.461 e. The number of esters is 2. The van der Waals surface area contributed by atoms with Gasteiger partial charge in [0.2, 0.25) is 0 Å². The summed E-state index contributed by atoms with van der Waals surface area (Å²) in [6, 6.07) is 20.3. The minimum absolute atomic E-state index is 0.205. The van der Waals surface area contributed by atoms with E-state index in [1.807, 2.05) is 57.2 Å². The molecule has 0 amide bonds. The molecule has 0 saturated carbocycles. The summed E-state index contributed by atoms with van der Waals surface area (Å²) in [4.78, 5) is 24.5. The van der Waals surface area contributed by atoms with Gasteiger partial charge in [-0.15, -0.1) is 0 Å². The molecule has 2 aromatic carbocycles. The summed E-state index contributed by atoms with van der Waals surface area (Å²) in [6.45, 7) is 5.55. The highest BCUT2D eigenvalue weighted by Gasteiger charge is 2.47. The molecular formula is C24H28O4. The molecule has 1 atom stereocenters. The van der Waals surface area contributed by atoms with Gasteiger partial charge in [0.25, 0.3) is 0 Å². The molecule has 1 heterocycles. The van der Waals surface area contributed by atoms with Crippen LogP contribution in [0.2, 0.25) is 0 Å². The van der Waals surface area contributed by atoms with Crippen LogP contribution in [-0.4, -0.2) is 23.6 Å². The van der Waals surface area contributed by atoms with E-state index >= 15 is 0 Å². The third kappa shape index (κ3) is 4.44. The first-order chi connectivity index (χ1) is 13.3. The molecule has 4 heteroatoms. The normalized spacial score (nSPS) is 19.0. The summed E-state index contributed by atoms with van der Waals surface area (Å²) < 4.78 is 11.3. The van der Waals surface area contributed by atoms with Gasteiger partial charge in [-0.05, 0) is 44.7 Å². The van der Waals surface area contributed by atoms with Gasteiger partial charge < -0.3 is 9.47 Å². The fraction of sp³-hybridized carbons (Fsp3) is 0.417. The number of carbonyl (C=O) groups excluding carboxylic acids is 2. The molecule has 0 unspecified atom stereocenters. The number of carbonyl (C=O) groups is 2. The van der Waals surface area contributed by atoms with Crippen LogP contribution in [0, 0.1) is 0 Å². The van der Waals surface area contributed by atoms with Gasteiger partial charge in [-0.1, -0.05) is 60.7 Å². The smallest absolute Gasteiger partial charge is 0.306 e. The fourth-order valence-electron chi connectivity index (χ4n) is 4.02. The lowest BCUT2D eigenvalue weighted by Crippen LogP contribution is -2.47. The highest BCUT2D eigenvalue weighted by atomic mass is 16.6. The van der Waals surface area contributed by atoms with Crippen molar-refractivity contribution in [3.8, 4) is 0 Å². The number of ether oxygens (including phenoxy) is 2. The lowest BCUT2D eigenvalue weighted by Gasteiger charge is -2.44. The maximum absolute atomic E-state index is 12.3. The molecular weight excluding hydrogens is 352 g/mol. The Kier molecular flexibility index (Phi) is 5.87. The van der Waals surface area contributed by atoms with Crippen molar-refractivity contribution in [1.82, 2.24) is 0 Å². The van der Waals surface area contributed by atoms with Crippen molar-refractivity contribution in [1.29, 1.82) is 0 Å². The Balaban J connectivity index is 1.96. The van der Waals surface area contributed by atoms with Crippen molar-refractivity contribution in [3.05, 3.63) is 71.8 Å². The molecule has 1 aliphatic heterocycles. The second kappa shape index (κ2) is 8.17. The second-order valence-electron chi connectivity index (χ2n) is 8.31. The summed E-state index contributed by atoms with van der Waals surface area (Å²) in [5, 5.41) is 0. The van der Waals surface area contributed by atoms with Crippen LogP contribution >= 0.6 is 0 Å². The van der Waals surface area contributed by atoms with Crippen molar-refractivity contribution in [3.63, 3.8) is 0 Å². The lowest BCUT2D eigenvalue weighted by atomic mass is 9.65. The molecule has 0 N–H and O–H groups in total. The van der Waals surface area contributed by atoms with E-state index in [0.29, 0.717) is 19.3 Å². The standard InChI is InChI=1S/C24H28O4/c1-23(2,3)28-22(26)15-14-20-24(17-16-21(25)27-20,18-10-6-4-7-11-18)19-12-8-5-9-13-19/h4-13,20H,14-17H2,1-3H3/t20-/m0/s1. The molecule has 2 aromatic rings. The molecule has 0 radical (unpaired) electrons. The lowest BCUT2D eigenvalue weighted by molar-refractivity contribution is -0.164. The average Bonchev–Trinajstić information content (AvgIpc) is 2.67. The Bertz CT molecular complexity index is 766. The summed E-state index contributed by atoms with van der Waals surface area (Å²) in [7, 11) is 0. The Morgan fingerprint density at radius 2 is 1.57 bits per heavy atom. The van der Waals surface area contributed by atoms with E-state index in [4.69, 9.17) is 9.47 Å². The Morgan fingerprint density at radius 3 is 2.07 bits per heavy atom. The van der Waals surface area contributed by atoms with Crippen LogP contribution in [0.25, 0.3) is 0 Å². The van der Waals surface area contributed by atoms with Crippen LogP contribution < -0.4 is 0 Å². The van der Waals surface area contributed by atoms with Crippen LogP contribution in [-0.2, 0) is 24.5 Å². The Morgan fingerprint density at radius 1 is 1.04 bits per heavy atom. The number of hydrogen-bond donors (Lipinski definition) is 0. The van der Waals surface area contributed by atoms with Gasteiger partial charge in [0.15, 0.2) is 0 Å². The number of cyclic esters (lactones) is 1. The van der Waals surface area contributed by atoms with Gasteiger partial charge in [-0.3, -0.25) is 9.59 Å². The largest absolute Gasteiger partial charge is 0.461 e. The third-order valence-corrected chi connectivity index (χ3v) is 5.16. The molecule has 1 fully saturated rings. The number of benzene rings is 2. The van der Waals surface area contributed by atoms with Gasteiger partial charge in [-0.25, -0.2) is 0 Å².